The molecule has 0 unspecified atom stereocenters. The second-order valence-electron chi connectivity index (χ2n) is 4.26. The number of aromatic amines is 1. The molecular formula is C14H11FN4OS. The second kappa shape index (κ2) is 5.92. The van der Waals surface area contributed by atoms with Crippen LogP contribution in [0.3, 0.4) is 0 Å². The van der Waals surface area contributed by atoms with Gasteiger partial charge >= 0.3 is 0 Å². The van der Waals surface area contributed by atoms with Crippen LogP contribution in [-0.4, -0.2) is 26.6 Å². The molecule has 5 nitrogen and oxygen atoms in total. The maximum absolute atomic E-state index is 13.0. The number of hydrogen-bond acceptors (Lipinski definition) is 4. The van der Waals surface area contributed by atoms with E-state index in [0.29, 0.717) is 16.5 Å². The molecule has 3 aromatic rings. The Morgan fingerprint density at radius 3 is 3.05 bits per heavy atom. The van der Waals surface area contributed by atoms with Gasteiger partial charge in [0.15, 0.2) is 10.8 Å². The number of amides is 1. The molecule has 0 saturated carbocycles. The van der Waals surface area contributed by atoms with E-state index in [0.717, 1.165) is 5.52 Å². The molecule has 2 aromatic heterocycles. The van der Waals surface area contributed by atoms with Crippen molar-refractivity contribution in [2.45, 2.75) is 5.16 Å². The number of fused-ring (bicyclic) bond motifs is 1. The molecular weight excluding hydrogens is 291 g/mol. The van der Waals surface area contributed by atoms with Crippen LogP contribution in [0.15, 0.2) is 47.8 Å². The van der Waals surface area contributed by atoms with Crippen LogP contribution in [-0.2, 0) is 4.79 Å². The van der Waals surface area contributed by atoms with E-state index in [1.54, 1.807) is 18.3 Å². The molecule has 21 heavy (non-hydrogen) atoms. The third-order valence-corrected chi connectivity index (χ3v) is 3.56. The molecule has 0 aliphatic carbocycles. The van der Waals surface area contributed by atoms with E-state index in [-0.39, 0.29) is 17.5 Å². The number of anilines is 1. The van der Waals surface area contributed by atoms with Crippen LogP contribution in [0.1, 0.15) is 0 Å². The second-order valence-corrected chi connectivity index (χ2v) is 5.23. The van der Waals surface area contributed by atoms with E-state index in [4.69, 9.17) is 0 Å². The first kappa shape index (κ1) is 13.6. The molecule has 0 atom stereocenters. The van der Waals surface area contributed by atoms with E-state index in [2.05, 4.69) is 20.3 Å². The van der Waals surface area contributed by atoms with Gasteiger partial charge in [0.2, 0.25) is 5.91 Å². The lowest BCUT2D eigenvalue weighted by atomic mass is 10.3. The van der Waals surface area contributed by atoms with E-state index < -0.39 is 0 Å². The Balaban J connectivity index is 1.60. The highest BCUT2D eigenvalue weighted by Crippen LogP contribution is 2.18. The number of nitrogens with zero attached hydrogens (tertiary/aromatic N) is 2. The molecule has 7 heteroatoms. The smallest absolute Gasteiger partial charge is 0.234 e. The number of halogens is 1. The first-order valence-corrected chi connectivity index (χ1v) is 7.18. The van der Waals surface area contributed by atoms with Crippen LogP contribution < -0.4 is 5.32 Å². The molecule has 0 radical (unpaired) electrons. The summed E-state index contributed by atoms with van der Waals surface area (Å²) in [5, 5.41) is 3.25. The number of aromatic nitrogens is 3. The lowest BCUT2D eigenvalue weighted by Crippen LogP contribution is -2.14. The van der Waals surface area contributed by atoms with Gasteiger partial charge < -0.3 is 10.3 Å². The number of carbonyl (C=O) groups excluding carboxylic acids is 1. The zero-order valence-electron chi connectivity index (χ0n) is 10.8. The fourth-order valence-electron chi connectivity index (χ4n) is 1.79. The largest absolute Gasteiger partial charge is 0.332 e. The predicted molar refractivity (Wildman–Crippen MR) is 79.6 cm³/mol. The minimum absolute atomic E-state index is 0.177. The number of carbonyl (C=O) groups is 1. The molecule has 0 aliphatic heterocycles. The zero-order chi connectivity index (χ0) is 14.7. The third-order valence-electron chi connectivity index (χ3n) is 2.68. The highest BCUT2D eigenvalue weighted by Gasteiger charge is 2.08. The average molecular weight is 302 g/mol. The van der Waals surface area contributed by atoms with Crippen LogP contribution in [0.4, 0.5) is 10.1 Å². The van der Waals surface area contributed by atoms with Crippen molar-refractivity contribution in [3.63, 3.8) is 0 Å². The van der Waals surface area contributed by atoms with Crippen LogP contribution in [0.2, 0.25) is 0 Å². The van der Waals surface area contributed by atoms with Gasteiger partial charge in [-0.25, -0.2) is 14.4 Å². The number of benzene rings is 1. The van der Waals surface area contributed by atoms with Crippen LogP contribution in [0.5, 0.6) is 0 Å². The summed E-state index contributed by atoms with van der Waals surface area (Å²) in [6.45, 7) is 0. The Morgan fingerprint density at radius 1 is 1.33 bits per heavy atom. The van der Waals surface area contributed by atoms with Gasteiger partial charge in [0.1, 0.15) is 5.82 Å². The molecule has 0 bridgehead atoms. The van der Waals surface area contributed by atoms with Crippen LogP contribution in [0, 0.1) is 5.82 Å². The maximum atomic E-state index is 13.0. The number of hydrogen-bond donors (Lipinski definition) is 2. The van der Waals surface area contributed by atoms with Crippen molar-refractivity contribution in [1.29, 1.82) is 0 Å². The summed E-state index contributed by atoms with van der Waals surface area (Å²) in [4.78, 5) is 23.2. The average Bonchev–Trinajstić information content (AvgIpc) is 2.88. The monoisotopic (exact) mass is 302 g/mol. The number of H-pyrrole nitrogens is 1. The molecule has 3 rings (SSSR count). The van der Waals surface area contributed by atoms with Gasteiger partial charge in [-0.05, 0) is 30.3 Å². The van der Waals surface area contributed by atoms with Crippen molar-refractivity contribution < 1.29 is 9.18 Å². The normalized spacial score (nSPS) is 10.7. The Labute approximate surface area is 124 Å². The Kier molecular flexibility index (Phi) is 3.83. The molecule has 2 N–H and O–H groups in total. The summed E-state index contributed by atoms with van der Waals surface area (Å²) >= 11 is 1.27. The molecule has 0 aliphatic rings. The van der Waals surface area contributed by atoms with Gasteiger partial charge in [0, 0.05) is 11.9 Å². The third kappa shape index (κ3) is 3.38. The van der Waals surface area contributed by atoms with Gasteiger partial charge in [-0.2, -0.15) is 0 Å². The lowest BCUT2D eigenvalue weighted by Gasteiger charge is -2.03. The van der Waals surface area contributed by atoms with E-state index >= 15 is 0 Å². The highest BCUT2D eigenvalue weighted by molar-refractivity contribution is 7.99. The fourth-order valence-corrected chi connectivity index (χ4v) is 2.46. The van der Waals surface area contributed by atoms with Crippen LogP contribution in [0.25, 0.3) is 11.2 Å². The molecule has 0 saturated heterocycles. The van der Waals surface area contributed by atoms with Gasteiger partial charge in [0.05, 0.1) is 11.3 Å². The SMILES string of the molecule is O=C(CSc1nc2ncccc2[nH]1)Nc1cccc(F)c1. The van der Waals surface area contributed by atoms with Crippen molar-refractivity contribution in [2.75, 3.05) is 11.1 Å². The molecule has 1 amide bonds. The molecule has 2 heterocycles. The van der Waals surface area contributed by atoms with Crippen LogP contribution >= 0.6 is 11.8 Å². The fraction of sp³-hybridized carbons (Fsp3) is 0.0714. The first-order valence-electron chi connectivity index (χ1n) is 6.20. The highest BCUT2D eigenvalue weighted by atomic mass is 32.2. The van der Waals surface area contributed by atoms with Gasteiger partial charge in [-0.1, -0.05) is 17.8 Å². The summed E-state index contributed by atoms with van der Waals surface area (Å²) in [5.41, 5.74) is 1.88. The molecule has 1 aromatic carbocycles. The molecule has 0 spiro atoms. The summed E-state index contributed by atoms with van der Waals surface area (Å²) in [7, 11) is 0. The molecule has 106 valence electrons. The number of imidazole rings is 1. The van der Waals surface area contributed by atoms with Gasteiger partial charge in [0.25, 0.3) is 0 Å². The lowest BCUT2D eigenvalue weighted by molar-refractivity contribution is -0.113. The summed E-state index contributed by atoms with van der Waals surface area (Å²) < 4.78 is 13.0. The first-order chi connectivity index (χ1) is 10.2. The Morgan fingerprint density at radius 2 is 2.24 bits per heavy atom. The van der Waals surface area contributed by atoms with E-state index in [9.17, 15) is 9.18 Å². The van der Waals surface area contributed by atoms with Gasteiger partial charge in [-0.15, -0.1) is 0 Å². The van der Waals surface area contributed by atoms with Crippen molar-refractivity contribution in [3.05, 3.63) is 48.4 Å². The van der Waals surface area contributed by atoms with E-state index in [1.807, 2.05) is 12.1 Å². The quantitative estimate of drug-likeness (QED) is 0.727. The summed E-state index contributed by atoms with van der Waals surface area (Å²) in [6.07, 6.45) is 1.66. The zero-order valence-corrected chi connectivity index (χ0v) is 11.7. The topological polar surface area (TPSA) is 70.7 Å². The van der Waals surface area contributed by atoms with Crippen molar-refractivity contribution in [1.82, 2.24) is 15.0 Å². The molecule has 0 fully saturated rings. The minimum atomic E-state index is -0.385. The summed E-state index contributed by atoms with van der Waals surface area (Å²) in [5.74, 6) is -0.432. The predicted octanol–water partition coefficient (Wildman–Crippen LogP) is 2.83. The number of thioether (sulfide) groups is 1. The number of pyridine rings is 1. The summed E-state index contributed by atoms with van der Waals surface area (Å²) in [6, 6.07) is 9.46. The Bertz CT molecular complexity index is 756. The van der Waals surface area contributed by atoms with Crippen molar-refractivity contribution in [3.8, 4) is 0 Å². The van der Waals surface area contributed by atoms with Crippen molar-refractivity contribution in [2.24, 2.45) is 0 Å². The van der Waals surface area contributed by atoms with Gasteiger partial charge in [-0.3, -0.25) is 4.79 Å². The Hall–Kier alpha value is -2.41. The van der Waals surface area contributed by atoms with E-state index in [1.165, 1.54) is 23.9 Å². The van der Waals surface area contributed by atoms with Crippen molar-refractivity contribution >= 4 is 34.5 Å². The number of nitrogens with one attached hydrogen (secondary N) is 2. The standard InChI is InChI=1S/C14H11FN4OS/c15-9-3-1-4-10(7-9)17-12(20)8-21-14-18-11-5-2-6-16-13(11)19-14/h1-7H,8H2,(H,17,20)(H,16,18,19). The number of rotatable bonds is 4. The minimum Gasteiger partial charge on any atom is -0.332 e. The maximum Gasteiger partial charge on any atom is 0.234 e.